The normalized spacial score (nSPS) is 22.7. The Hall–Kier alpha value is -2.40. The van der Waals surface area contributed by atoms with Crippen molar-refractivity contribution in [3.05, 3.63) is 65.0 Å². The zero-order valence-corrected chi connectivity index (χ0v) is 19.1. The van der Waals surface area contributed by atoms with Crippen molar-refractivity contribution in [3.63, 3.8) is 0 Å². The van der Waals surface area contributed by atoms with E-state index in [2.05, 4.69) is 19.1 Å². The van der Waals surface area contributed by atoms with Crippen molar-refractivity contribution in [1.82, 2.24) is 4.90 Å². The number of carbonyl (C=O) groups excluding carboxylic acids is 1. The molecule has 1 N–H and O–H groups in total. The fourth-order valence-electron chi connectivity index (χ4n) is 5.36. The smallest absolute Gasteiger partial charge is 0.253 e. The van der Waals surface area contributed by atoms with Gasteiger partial charge in [-0.1, -0.05) is 25.1 Å². The molecule has 1 saturated carbocycles. The quantitative estimate of drug-likeness (QED) is 0.646. The number of nitrogens with zero attached hydrogens (tertiary/aromatic N) is 1. The third kappa shape index (κ3) is 5.15. The molecule has 0 aromatic heterocycles. The summed E-state index contributed by atoms with van der Waals surface area (Å²) in [4.78, 5) is 14.6. The molecule has 172 valence electrons. The number of ether oxygens (including phenoxy) is 1. The molecule has 4 rings (SSSR count). The minimum absolute atomic E-state index is 0.0660. The number of rotatable bonds is 6. The van der Waals surface area contributed by atoms with Gasteiger partial charge in [0.15, 0.2) is 11.6 Å². The molecule has 1 heterocycles. The van der Waals surface area contributed by atoms with Gasteiger partial charge in [-0.3, -0.25) is 4.79 Å². The number of likely N-dealkylation sites (tertiary alicyclic amines) is 1. The molecule has 4 nitrogen and oxygen atoms in total. The van der Waals surface area contributed by atoms with Gasteiger partial charge in [-0.25, -0.2) is 4.39 Å². The molecule has 0 bridgehead atoms. The molecule has 0 spiro atoms. The van der Waals surface area contributed by atoms with Gasteiger partial charge in [-0.05, 0) is 91.7 Å². The van der Waals surface area contributed by atoms with Gasteiger partial charge >= 0.3 is 0 Å². The maximum atomic E-state index is 13.7. The number of halogens is 1. The van der Waals surface area contributed by atoms with Crippen LogP contribution in [0.2, 0.25) is 0 Å². The summed E-state index contributed by atoms with van der Waals surface area (Å²) in [5.74, 6) is 1.60. The van der Waals surface area contributed by atoms with Gasteiger partial charge in [0.05, 0.1) is 13.2 Å². The van der Waals surface area contributed by atoms with E-state index in [-0.39, 0.29) is 17.8 Å². The lowest BCUT2D eigenvalue weighted by Crippen LogP contribution is -2.40. The lowest BCUT2D eigenvalue weighted by molar-refractivity contribution is 0.0546. The van der Waals surface area contributed by atoms with Crippen molar-refractivity contribution in [2.24, 2.45) is 5.92 Å². The molecule has 2 aliphatic rings. The minimum Gasteiger partial charge on any atom is -0.494 e. The Morgan fingerprint density at radius 2 is 1.84 bits per heavy atom. The van der Waals surface area contributed by atoms with E-state index in [0.29, 0.717) is 49.4 Å². The van der Waals surface area contributed by atoms with Crippen LogP contribution in [0.15, 0.2) is 42.5 Å². The molecular weight excluding hydrogens is 405 g/mol. The van der Waals surface area contributed by atoms with Gasteiger partial charge in [0.25, 0.3) is 5.91 Å². The topological polar surface area (TPSA) is 49.8 Å². The SMILES string of the molecule is COc1cc([C@@H](C)CC2CC[C@H](c3ccc(C(=O)N4CCC(O)CC4)cc3)C2)ccc1F. The standard InChI is InChI=1S/C27H34FNO3/c1-18(22-9-10-25(28)26(17-22)32-2)15-19-3-4-23(16-19)20-5-7-21(8-6-20)27(31)29-13-11-24(30)12-14-29/h5-10,17-19,23-24,30H,3-4,11-16H2,1-2H3/t18-,19?,23-/m0/s1. The van der Waals surface area contributed by atoms with E-state index in [1.165, 1.54) is 31.6 Å². The highest BCUT2D eigenvalue weighted by Gasteiger charge is 2.28. The van der Waals surface area contributed by atoms with Crippen LogP contribution in [-0.4, -0.2) is 42.2 Å². The monoisotopic (exact) mass is 439 g/mol. The lowest BCUT2D eigenvalue weighted by atomic mass is 9.88. The third-order valence-corrected chi connectivity index (χ3v) is 7.35. The predicted octanol–water partition coefficient (Wildman–Crippen LogP) is 5.51. The Balaban J connectivity index is 1.32. The second-order valence-electron chi connectivity index (χ2n) is 9.55. The van der Waals surface area contributed by atoms with Gasteiger partial charge < -0.3 is 14.7 Å². The highest BCUT2D eigenvalue weighted by molar-refractivity contribution is 5.94. The van der Waals surface area contributed by atoms with Crippen LogP contribution in [0.25, 0.3) is 0 Å². The average Bonchev–Trinajstić information content (AvgIpc) is 3.28. The molecule has 0 radical (unpaired) electrons. The third-order valence-electron chi connectivity index (χ3n) is 7.35. The Labute approximate surface area is 190 Å². The molecule has 1 amide bonds. The number of amides is 1. The van der Waals surface area contributed by atoms with Crippen molar-refractivity contribution in [2.45, 2.75) is 63.4 Å². The van der Waals surface area contributed by atoms with E-state index in [4.69, 9.17) is 4.74 Å². The van der Waals surface area contributed by atoms with E-state index in [1.807, 2.05) is 29.2 Å². The number of hydrogen-bond acceptors (Lipinski definition) is 3. The highest BCUT2D eigenvalue weighted by atomic mass is 19.1. The summed E-state index contributed by atoms with van der Waals surface area (Å²) in [5.41, 5.74) is 3.17. The van der Waals surface area contributed by atoms with Crippen LogP contribution < -0.4 is 4.74 Å². The molecule has 1 saturated heterocycles. The van der Waals surface area contributed by atoms with Crippen molar-refractivity contribution in [3.8, 4) is 5.75 Å². The molecular formula is C27H34FNO3. The second-order valence-corrected chi connectivity index (χ2v) is 9.55. The van der Waals surface area contributed by atoms with Gasteiger partial charge in [-0.2, -0.15) is 0 Å². The van der Waals surface area contributed by atoms with Crippen LogP contribution in [0.4, 0.5) is 4.39 Å². The Morgan fingerprint density at radius 3 is 2.53 bits per heavy atom. The number of carbonyl (C=O) groups is 1. The minimum atomic E-state index is -0.316. The molecule has 2 aromatic rings. The largest absolute Gasteiger partial charge is 0.494 e. The van der Waals surface area contributed by atoms with Crippen molar-refractivity contribution < 1.29 is 19.0 Å². The number of aliphatic hydroxyl groups excluding tert-OH is 1. The maximum absolute atomic E-state index is 13.7. The molecule has 3 atom stereocenters. The average molecular weight is 440 g/mol. The Kier molecular flexibility index (Phi) is 7.14. The van der Waals surface area contributed by atoms with Gasteiger partial charge in [0.1, 0.15) is 0 Å². The lowest BCUT2D eigenvalue weighted by Gasteiger charge is -2.29. The number of hydrogen-bond donors (Lipinski definition) is 1. The van der Waals surface area contributed by atoms with Crippen LogP contribution in [0.5, 0.6) is 5.75 Å². The highest BCUT2D eigenvalue weighted by Crippen LogP contribution is 2.42. The van der Waals surface area contributed by atoms with Crippen LogP contribution in [0.1, 0.15) is 78.8 Å². The number of methoxy groups -OCH3 is 1. The van der Waals surface area contributed by atoms with Crippen LogP contribution in [0.3, 0.4) is 0 Å². The summed E-state index contributed by atoms with van der Waals surface area (Å²) in [5, 5.41) is 9.65. The van der Waals surface area contributed by atoms with Crippen molar-refractivity contribution in [2.75, 3.05) is 20.2 Å². The van der Waals surface area contributed by atoms with Crippen LogP contribution >= 0.6 is 0 Å². The molecule has 2 fully saturated rings. The fourth-order valence-corrected chi connectivity index (χ4v) is 5.36. The summed E-state index contributed by atoms with van der Waals surface area (Å²) >= 11 is 0. The van der Waals surface area contributed by atoms with Crippen molar-refractivity contribution in [1.29, 1.82) is 0 Å². The first kappa shape index (κ1) is 22.8. The summed E-state index contributed by atoms with van der Waals surface area (Å²) in [7, 11) is 1.50. The van der Waals surface area contributed by atoms with E-state index in [9.17, 15) is 14.3 Å². The van der Waals surface area contributed by atoms with Crippen LogP contribution in [0, 0.1) is 11.7 Å². The molecule has 1 unspecified atom stereocenters. The van der Waals surface area contributed by atoms with E-state index in [0.717, 1.165) is 24.0 Å². The van der Waals surface area contributed by atoms with Gasteiger partial charge in [-0.15, -0.1) is 0 Å². The zero-order chi connectivity index (χ0) is 22.7. The number of piperidine rings is 1. The summed E-state index contributed by atoms with van der Waals surface area (Å²) < 4.78 is 18.9. The van der Waals surface area contributed by atoms with E-state index < -0.39 is 0 Å². The molecule has 1 aliphatic heterocycles. The van der Waals surface area contributed by atoms with Gasteiger partial charge in [0, 0.05) is 18.7 Å². The van der Waals surface area contributed by atoms with E-state index >= 15 is 0 Å². The van der Waals surface area contributed by atoms with Crippen molar-refractivity contribution >= 4 is 5.91 Å². The first-order chi connectivity index (χ1) is 15.4. The number of benzene rings is 2. The summed E-state index contributed by atoms with van der Waals surface area (Å²) in [6.07, 6.45) is 5.66. The van der Waals surface area contributed by atoms with Gasteiger partial charge in [0.2, 0.25) is 0 Å². The first-order valence-electron chi connectivity index (χ1n) is 11.8. The summed E-state index contributed by atoms with van der Waals surface area (Å²) in [6.45, 7) is 3.47. The summed E-state index contributed by atoms with van der Waals surface area (Å²) in [6, 6.07) is 13.4. The molecule has 1 aliphatic carbocycles. The van der Waals surface area contributed by atoms with Crippen LogP contribution in [-0.2, 0) is 0 Å². The second kappa shape index (κ2) is 10.0. The molecule has 5 heteroatoms. The fraction of sp³-hybridized carbons (Fsp3) is 0.519. The Bertz CT molecular complexity index is 921. The first-order valence-corrected chi connectivity index (χ1v) is 11.8. The Morgan fingerprint density at radius 1 is 1.12 bits per heavy atom. The zero-order valence-electron chi connectivity index (χ0n) is 19.1. The molecule has 32 heavy (non-hydrogen) atoms. The predicted molar refractivity (Wildman–Crippen MR) is 124 cm³/mol. The van der Waals surface area contributed by atoms with E-state index in [1.54, 1.807) is 0 Å². The molecule has 2 aromatic carbocycles. The maximum Gasteiger partial charge on any atom is 0.253 e. The number of aliphatic hydroxyl groups is 1.